The van der Waals surface area contributed by atoms with Gasteiger partial charge in [-0.05, 0) is 107 Å². The van der Waals surface area contributed by atoms with Crippen molar-refractivity contribution in [2.45, 2.75) is 172 Å². The zero-order chi connectivity index (χ0) is 39.3. The van der Waals surface area contributed by atoms with Gasteiger partial charge in [0.2, 0.25) is 0 Å². The lowest BCUT2D eigenvalue weighted by molar-refractivity contribution is -0.432. The van der Waals surface area contributed by atoms with Crippen LogP contribution in [0.25, 0.3) is 0 Å². The first-order valence-electron chi connectivity index (χ1n) is 19.5. The van der Waals surface area contributed by atoms with Crippen molar-refractivity contribution < 1.29 is 60.3 Å². The molecule has 0 saturated heterocycles. The van der Waals surface area contributed by atoms with Gasteiger partial charge in [0, 0.05) is 42.2 Å². The van der Waals surface area contributed by atoms with Gasteiger partial charge in [0.15, 0.2) is 0 Å². The van der Waals surface area contributed by atoms with Crippen LogP contribution in [0.4, 0.5) is 0 Å². The number of rotatable bonds is 14. The Kier molecular flexibility index (Phi) is 15.7. The van der Waals surface area contributed by atoms with Crippen molar-refractivity contribution in [1.29, 1.82) is 0 Å². The van der Waals surface area contributed by atoms with E-state index in [1.54, 1.807) is 0 Å². The minimum absolute atomic E-state index is 0.0175. The fraction of sp³-hybridized carbons (Fsp3) is 1.00. The van der Waals surface area contributed by atoms with E-state index in [-0.39, 0.29) is 66.8 Å². The predicted octanol–water partition coefficient (Wildman–Crippen LogP) is 4.56. The zero-order valence-corrected chi connectivity index (χ0v) is 33.8. The molecule has 316 valence electrons. The maximum atomic E-state index is 12.3. The van der Waals surface area contributed by atoms with Crippen LogP contribution in [0.15, 0.2) is 20.5 Å². The van der Waals surface area contributed by atoms with Crippen LogP contribution in [-0.4, -0.2) is 111 Å². The molecule has 15 atom stereocenters. The maximum Gasteiger partial charge on any atom is 0.269 e. The predicted molar refractivity (Wildman–Crippen MR) is 200 cm³/mol. The van der Waals surface area contributed by atoms with Crippen LogP contribution in [0.1, 0.15) is 103 Å². The van der Waals surface area contributed by atoms with Crippen molar-refractivity contribution in [2.24, 2.45) is 49.9 Å². The van der Waals surface area contributed by atoms with E-state index in [0.29, 0.717) is 38.1 Å². The molecule has 19 nitrogen and oxygen atoms in total. The molecule has 15 unspecified atom stereocenters. The van der Waals surface area contributed by atoms with Crippen molar-refractivity contribution in [3.63, 3.8) is 0 Å². The van der Waals surface area contributed by atoms with Crippen molar-refractivity contribution in [3.8, 4) is 0 Å². The topological polar surface area (TPSA) is 294 Å². The van der Waals surface area contributed by atoms with Crippen LogP contribution < -0.4 is 11.1 Å². The van der Waals surface area contributed by atoms with Gasteiger partial charge in [-0.25, -0.2) is 10.5 Å². The molecule has 0 aromatic carbocycles. The molecule has 0 aromatic rings. The number of fused-ring (bicyclic) bond motifs is 2. The smallest absolute Gasteiger partial charge is 0.269 e. The summed E-state index contributed by atoms with van der Waals surface area (Å²) in [6, 6.07) is -1.84. The lowest BCUT2D eigenvalue weighted by atomic mass is 9.66. The van der Waals surface area contributed by atoms with Gasteiger partial charge in [-0.15, -0.1) is 8.67 Å². The summed E-state index contributed by atoms with van der Waals surface area (Å²) in [4.78, 5) is 0. The standard InChI is InChI=1S/C32H56N6O13S4/c33-24-16-22-17(13-30(24)55(45,46)47)12-29(53-51-49-41)31(32(22)39)38-37-26-11-10-25(21-8-7-20(15-23(21)26)54(42,43)44)36-35-19-6-9-27(28(14-19)52-50-48-40)34-18-4-2-1-3-5-18/h17-32,34,39-41H,1-16,33H2,(H,42,43,44)(H,45,46,47). The second-order valence-electron chi connectivity index (χ2n) is 16.4. The number of aliphatic hydroxyl groups is 1. The second kappa shape index (κ2) is 19.6. The Morgan fingerprint density at radius 3 is 2.00 bits per heavy atom. The van der Waals surface area contributed by atoms with Gasteiger partial charge in [-0.2, -0.15) is 37.3 Å². The number of aliphatic hydroxyl groups excluding tert-OH is 1. The third kappa shape index (κ3) is 11.1. The normalized spacial score (nSPS) is 42.3. The molecule has 0 amide bonds. The highest BCUT2D eigenvalue weighted by atomic mass is 32.2. The van der Waals surface area contributed by atoms with Gasteiger partial charge in [0.1, 0.15) is 11.3 Å². The van der Waals surface area contributed by atoms with Crippen LogP contribution in [0, 0.1) is 23.7 Å². The summed E-state index contributed by atoms with van der Waals surface area (Å²) in [5.74, 6) is -1.17. The Bertz CT molecular complexity index is 1530. The van der Waals surface area contributed by atoms with Gasteiger partial charge in [-0.1, -0.05) is 29.3 Å². The van der Waals surface area contributed by atoms with Crippen LogP contribution >= 0.6 is 24.1 Å². The summed E-state index contributed by atoms with van der Waals surface area (Å²) in [6.45, 7) is 0. The van der Waals surface area contributed by atoms with Crippen LogP contribution in [0.2, 0.25) is 0 Å². The molecular formula is C32H56N6O13S4. The SMILES string of the molecule is NC1CC2C(CC(SOOO)C(N=NC3CCC(N=NC4CCC(NC5CCCCC5)C(SOOO)C4)C4CCC(S(=O)(=O)O)CC34)C2O)CC1S(=O)(=O)O. The third-order valence-electron chi connectivity index (χ3n) is 13.3. The number of nitrogens with two attached hydrogens (primary N) is 1. The lowest BCUT2D eigenvalue weighted by Crippen LogP contribution is -2.57. The number of nitrogens with zero attached hydrogens (tertiary/aromatic N) is 4. The summed E-state index contributed by atoms with van der Waals surface area (Å²) >= 11 is 1.80. The first kappa shape index (κ1) is 43.9. The van der Waals surface area contributed by atoms with Gasteiger partial charge >= 0.3 is 0 Å². The molecule has 0 heterocycles. The minimum Gasteiger partial charge on any atom is -0.390 e. The van der Waals surface area contributed by atoms with Gasteiger partial charge in [0.25, 0.3) is 20.2 Å². The summed E-state index contributed by atoms with van der Waals surface area (Å²) in [5, 5.41) is 57.2. The van der Waals surface area contributed by atoms with Crippen molar-refractivity contribution in [2.75, 3.05) is 0 Å². The van der Waals surface area contributed by atoms with Crippen molar-refractivity contribution >= 4 is 44.3 Å². The first-order chi connectivity index (χ1) is 26.3. The molecule has 55 heavy (non-hydrogen) atoms. The van der Waals surface area contributed by atoms with Crippen LogP contribution in [0.3, 0.4) is 0 Å². The van der Waals surface area contributed by atoms with Gasteiger partial charge < -0.3 is 16.2 Å². The van der Waals surface area contributed by atoms with Crippen molar-refractivity contribution in [1.82, 2.24) is 5.32 Å². The van der Waals surface area contributed by atoms with E-state index in [9.17, 15) is 31.0 Å². The molecular weight excluding hydrogens is 805 g/mol. The van der Waals surface area contributed by atoms with Crippen LogP contribution in [-0.2, 0) is 39.0 Å². The third-order valence-corrected chi connectivity index (χ3v) is 17.6. The molecule has 0 radical (unpaired) electrons. The fourth-order valence-corrected chi connectivity index (χ4v) is 14.0. The van der Waals surface area contributed by atoms with E-state index in [4.69, 9.17) is 40.3 Å². The zero-order valence-electron chi connectivity index (χ0n) is 30.6. The van der Waals surface area contributed by atoms with E-state index in [2.05, 4.69) is 20.5 Å². The minimum atomic E-state index is -4.42. The average molecular weight is 861 g/mol. The molecule has 6 rings (SSSR count). The van der Waals surface area contributed by atoms with E-state index in [1.807, 2.05) is 0 Å². The second-order valence-corrected chi connectivity index (χ2v) is 21.6. The molecule has 6 aliphatic carbocycles. The molecule has 6 fully saturated rings. The molecule has 0 spiro atoms. The molecule has 0 aromatic heterocycles. The Morgan fingerprint density at radius 1 is 0.655 bits per heavy atom. The first-order valence-corrected chi connectivity index (χ1v) is 24.1. The summed E-state index contributed by atoms with van der Waals surface area (Å²) in [7, 11) is -8.74. The molecule has 0 aliphatic heterocycles. The van der Waals surface area contributed by atoms with E-state index >= 15 is 0 Å². The maximum absolute atomic E-state index is 12.3. The highest BCUT2D eigenvalue weighted by Gasteiger charge is 2.52. The summed E-state index contributed by atoms with van der Waals surface area (Å²) in [6.07, 6.45) is 9.73. The Hall–Kier alpha value is -0.640. The number of azo groups is 2. The number of hydrogen-bond donors (Lipinski definition) is 7. The highest BCUT2D eigenvalue weighted by Crippen LogP contribution is 2.48. The lowest BCUT2D eigenvalue weighted by Gasteiger charge is -2.48. The highest BCUT2D eigenvalue weighted by molar-refractivity contribution is 7.95. The Balaban J connectivity index is 1.15. The monoisotopic (exact) mass is 860 g/mol. The molecule has 6 saturated carbocycles. The Morgan fingerprint density at radius 2 is 1.33 bits per heavy atom. The average Bonchev–Trinajstić information content (AvgIpc) is 3.15. The van der Waals surface area contributed by atoms with Crippen molar-refractivity contribution in [3.05, 3.63) is 0 Å². The summed E-state index contributed by atoms with van der Waals surface area (Å²) in [5.41, 5.74) is 6.16. The van der Waals surface area contributed by atoms with E-state index in [0.717, 1.165) is 49.8 Å². The molecule has 0 bridgehead atoms. The van der Waals surface area contributed by atoms with E-state index < -0.39 is 66.1 Å². The quantitative estimate of drug-likeness (QED) is 0.0414. The summed E-state index contributed by atoms with van der Waals surface area (Å²) < 4.78 is 78.2. The fourth-order valence-electron chi connectivity index (χ4n) is 10.5. The molecule has 8 N–H and O–H groups in total. The molecule has 6 aliphatic rings. The molecule has 23 heteroatoms. The largest absolute Gasteiger partial charge is 0.390 e. The number of nitrogens with one attached hydrogen (secondary N) is 1. The van der Waals surface area contributed by atoms with E-state index in [1.165, 1.54) is 19.3 Å². The van der Waals surface area contributed by atoms with Gasteiger partial charge in [0.05, 0.1) is 40.0 Å². The van der Waals surface area contributed by atoms with Gasteiger partial charge in [-0.3, -0.25) is 9.11 Å². The van der Waals surface area contributed by atoms with Crippen LogP contribution in [0.5, 0.6) is 0 Å². The number of hydrogen-bond acceptors (Lipinski definition) is 19. The Labute approximate surface area is 330 Å².